The van der Waals surface area contributed by atoms with Gasteiger partial charge in [-0.2, -0.15) is 0 Å². The van der Waals surface area contributed by atoms with Gasteiger partial charge in [0.2, 0.25) is 5.91 Å². The monoisotopic (exact) mass is 384 g/mol. The summed E-state index contributed by atoms with van der Waals surface area (Å²) >= 11 is 3.10. The molecular weight excluding hydrogens is 364 g/mol. The maximum absolute atomic E-state index is 12.5. The summed E-state index contributed by atoms with van der Waals surface area (Å²) in [5.74, 6) is 1.50. The normalized spacial score (nSPS) is 15.0. The molecule has 1 aromatic carbocycles. The summed E-state index contributed by atoms with van der Waals surface area (Å²) in [7, 11) is 0. The molecule has 2 heterocycles. The molecule has 1 saturated carbocycles. The van der Waals surface area contributed by atoms with E-state index in [0.717, 1.165) is 34.4 Å². The molecule has 0 saturated heterocycles. The maximum Gasteiger partial charge on any atom is 0.233 e. The zero-order chi connectivity index (χ0) is 17.9. The summed E-state index contributed by atoms with van der Waals surface area (Å²) in [5, 5.41) is 14.3. The van der Waals surface area contributed by atoms with Gasteiger partial charge >= 0.3 is 0 Å². The molecule has 1 aliphatic rings. The maximum atomic E-state index is 12.5. The summed E-state index contributed by atoms with van der Waals surface area (Å²) in [5.41, 5.74) is 1.05. The Morgan fingerprint density at radius 3 is 2.77 bits per heavy atom. The smallest absolute Gasteiger partial charge is 0.233 e. The fourth-order valence-corrected chi connectivity index (χ4v) is 4.27. The number of thiophene rings is 1. The third-order valence-electron chi connectivity index (χ3n) is 4.28. The summed E-state index contributed by atoms with van der Waals surface area (Å²) in [6.45, 7) is 2.48. The quantitative estimate of drug-likeness (QED) is 0.626. The third kappa shape index (κ3) is 3.83. The van der Waals surface area contributed by atoms with Crippen LogP contribution in [0.5, 0.6) is 0 Å². The molecule has 1 atom stereocenters. The van der Waals surface area contributed by atoms with Gasteiger partial charge in [-0.25, -0.2) is 0 Å². The number of nitrogens with one attached hydrogen (secondary N) is 1. The largest absolute Gasteiger partial charge is 0.350 e. The Kier molecular flexibility index (Phi) is 5.08. The predicted octanol–water partition coefficient (Wildman–Crippen LogP) is 4.00. The second-order valence-electron chi connectivity index (χ2n) is 6.34. The lowest BCUT2D eigenvalue weighted by Crippen LogP contribution is -2.30. The lowest BCUT2D eigenvalue weighted by Gasteiger charge is -2.13. The standard InChI is InChI=1S/C19H20N4OS2/c1-13(18(24)20-12-16-8-5-11-25-16)26-19-22-21-17(14-9-10-14)23(19)15-6-3-2-4-7-15/h2-8,11,13-14H,9-10,12H2,1H3,(H,20,24)/t13-/m1/s1. The third-order valence-corrected chi connectivity index (χ3v) is 6.20. The highest BCUT2D eigenvalue weighted by Gasteiger charge is 2.31. The second-order valence-corrected chi connectivity index (χ2v) is 8.68. The van der Waals surface area contributed by atoms with E-state index >= 15 is 0 Å². The zero-order valence-electron chi connectivity index (χ0n) is 14.5. The van der Waals surface area contributed by atoms with Crippen molar-refractivity contribution in [1.29, 1.82) is 0 Å². The molecule has 1 N–H and O–H groups in total. The van der Waals surface area contributed by atoms with Crippen LogP contribution in [0, 0.1) is 0 Å². The first-order valence-electron chi connectivity index (χ1n) is 8.70. The minimum atomic E-state index is -0.242. The van der Waals surface area contributed by atoms with E-state index in [1.165, 1.54) is 11.8 Å². The van der Waals surface area contributed by atoms with Crippen molar-refractivity contribution in [3.8, 4) is 5.69 Å². The molecule has 5 nitrogen and oxygen atoms in total. The van der Waals surface area contributed by atoms with Crippen LogP contribution in [0.25, 0.3) is 5.69 Å². The number of carbonyl (C=O) groups excluding carboxylic acids is 1. The van der Waals surface area contributed by atoms with E-state index in [2.05, 4.69) is 32.2 Å². The summed E-state index contributed by atoms with van der Waals surface area (Å²) in [6.07, 6.45) is 2.32. The van der Waals surface area contributed by atoms with Crippen molar-refractivity contribution in [2.24, 2.45) is 0 Å². The number of hydrogen-bond donors (Lipinski definition) is 1. The van der Waals surface area contributed by atoms with E-state index in [1.807, 2.05) is 42.6 Å². The summed E-state index contributed by atoms with van der Waals surface area (Å²) in [4.78, 5) is 13.6. The highest BCUT2D eigenvalue weighted by atomic mass is 32.2. The van der Waals surface area contributed by atoms with E-state index in [1.54, 1.807) is 11.3 Å². The number of amides is 1. The van der Waals surface area contributed by atoms with Crippen molar-refractivity contribution in [1.82, 2.24) is 20.1 Å². The number of hydrogen-bond acceptors (Lipinski definition) is 5. The molecule has 4 rings (SSSR count). The molecule has 1 amide bonds. The van der Waals surface area contributed by atoms with Crippen molar-refractivity contribution in [3.63, 3.8) is 0 Å². The molecule has 0 bridgehead atoms. The number of rotatable bonds is 7. The van der Waals surface area contributed by atoms with Crippen molar-refractivity contribution in [3.05, 3.63) is 58.5 Å². The van der Waals surface area contributed by atoms with Crippen LogP contribution in [0.15, 0.2) is 53.0 Å². The van der Waals surface area contributed by atoms with Gasteiger partial charge in [-0.3, -0.25) is 9.36 Å². The Bertz CT molecular complexity index is 872. The number of carbonyl (C=O) groups is 1. The molecule has 2 aromatic heterocycles. The minimum Gasteiger partial charge on any atom is -0.350 e. The highest BCUT2D eigenvalue weighted by Crippen LogP contribution is 2.41. The summed E-state index contributed by atoms with van der Waals surface area (Å²) < 4.78 is 2.10. The average Bonchev–Trinajstić information content (AvgIpc) is 3.21. The SMILES string of the molecule is C[C@@H](Sc1nnc(C2CC2)n1-c1ccccc1)C(=O)NCc1cccs1. The molecule has 0 aliphatic heterocycles. The van der Waals surface area contributed by atoms with Gasteiger partial charge in [-0.15, -0.1) is 21.5 Å². The molecular formula is C19H20N4OS2. The Balaban J connectivity index is 1.49. The van der Waals surface area contributed by atoms with Gasteiger partial charge in [-0.1, -0.05) is 36.0 Å². The molecule has 0 unspecified atom stereocenters. The van der Waals surface area contributed by atoms with E-state index in [9.17, 15) is 4.79 Å². The van der Waals surface area contributed by atoms with Gasteiger partial charge in [0, 0.05) is 16.5 Å². The number of benzene rings is 1. The Morgan fingerprint density at radius 1 is 1.27 bits per heavy atom. The average molecular weight is 385 g/mol. The van der Waals surface area contributed by atoms with E-state index in [4.69, 9.17) is 0 Å². The number of para-hydroxylation sites is 1. The fraction of sp³-hybridized carbons (Fsp3) is 0.316. The fourth-order valence-electron chi connectivity index (χ4n) is 2.73. The van der Waals surface area contributed by atoms with Crippen molar-refractivity contribution in [2.75, 3.05) is 0 Å². The number of aromatic nitrogens is 3. The molecule has 134 valence electrons. The first-order chi connectivity index (χ1) is 12.7. The van der Waals surface area contributed by atoms with Gasteiger partial charge in [0.05, 0.1) is 11.8 Å². The van der Waals surface area contributed by atoms with Gasteiger partial charge in [0.1, 0.15) is 5.82 Å². The molecule has 1 aliphatic carbocycles. The van der Waals surface area contributed by atoms with Crippen LogP contribution >= 0.6 is 23.1 Å². The van der Waals surface area contributed by atoms with Crippen LogP contribution in [-0.4, -0.2) is 25.9 Å². The van der Waals surface area contributed by atoms with Crippen molar-refractivity contribution in [2.45, 2.75) is 42.6 Å². The highest BCUT2D eigenvalue weighted by molar-refractivity contribution is 8.00. The first-order valence-corrected chi connectivity index (χ1v) is 10.5. The molecule has 1 fully saturated rings. The number of nitrogens with zero attached hydrogens (tertiary/aromatic N) is 3. The van der Waals surface area contributed by atoms with Gasteiger partial charge < -0.3 is 5.32 Å². The molecule has 3 aromatic rings. The van der Waals surface area contributed by atoms with Gasteiger partial charge in [-0.05, 0) is 43.3 Å². The van der Waals surface area contributed by atoms with Crippen molar-refractivity contribution < 1.29 is 4.79 Å². The molecule has 26 heavy (non-hydrogen) atoms. The van der Waals surface area contributed by atoms with Crippen LogP contribution in [0.1, 0.15) is 36.4 Å². The van der Waals surface area contributed by atoms with Crippen LogP contribution in [0.2, 0.25) is 0 Å². The van der Waals surface area contributed by atoms with Crippen molar-refractivity contribution >= 4 is 29.0 Å². The van der Waals surface area contributed by atoms with Crippen LogP contribution < -0.4 is 5.32 Å². The first kappa shape index (κ1) is 17.3. The van der Waals surface area contributed by atoms with Crippen LogP contribution in [0.3, 0.4) is 0 Å². The Hall–Kier alpha value is -2.12. The van der Waals surface area contributed by atoms with E-state index in [-0.39, 0.29) is 11.2 Å². The zero-order valence-corrected chi connectivity index (χ0v) is 16.1. The van der Waals surface area contributed by atoms with E-state index in [0.29, 0.717) is 12.5 Å². The van der Waals surface area contributed by atoms with Crippen LogP contribution in [0.4, 0.5) is 0 Å². The van der Waals surface area contributed by atoms with Gasteiger partial charge in [0.15, 0.2) is 5.16 Å². The molecule has 0 spiro atoms. The van der Waals surface area contributed by atoms with Gasteiger partial charge in [0.25, 0.3) is 0 Å². The second kappa shape index (κ2) is 7.63. The summed E-state index contributed by atoms with van der Waals surface area (Å²) in [6, 6.07) is 14.2. The Morgan fingerprint density at radius 2 is 2.08 bits per heavy atom. The lowest BCUT2D eigenvalue weighted by molar-refractivity contribution is -0.120. The van der Waals surface area contributed by atoms with E-state index < -0.39 is 0 Å². The minimum absolute atomic E-state index is 0.0129. The molecule has 7 heteroatoms. The number of thioether (sulfide) groups is 1. The topological polar surface area (TPSA) is 59.8 Å². The lowest BCUT2D eigenvalue weighted by atomic mass is 10.3. The Labute approximate surface area is 160 Å². The predicted molar refractivity (Wildman–Crippen MR) is 105 cm³/mol. The molecule has 0 radical (unpaired) electrons. The van der Waals surface area contributed by atoms with Crippen LogP contribution in [-0.2, 0) is 11.3 Å².